The fourth-order valence-electron chi connectivity index (χ4n) is 2.69. The van der Waals surface area contributed by atoms with Crippen LogP contribution in [0.2, 0.25) is 10.2 Å². The molecule has 0 amide bonds. The second-order valence-corrected chi connectivity index (χ2v) is 7.04. The molecule has 2 heterocycles. The number of aromatic nitrogens is 2. The molecule has 1 unspecified atom stereocenters. The van der Waals surface area contributed by atoms with Crippen LogP contribution < -0.4 is 10.6 Å². The number of nitrogens with one attached hydrogen (secondary N) is 2. The van der Waals surface area contributed by atoms with Crippen LogP contribution in [-0.4, -0.2) is 29.1 Å². The molecule has 25 heavy (non-hydrogen) atoms. The zero-order valence-corrected chi connectivity index (χ0v) is 16.6. The van der Waals surface area contributed by atoms with Crippen LogP contribution in [0.4, 0.5) is 0 Å². The predicted molar refractivity (Wildman–Crippen MR) is 105 cm³/mol. The molecule has 5 nitrogen and oxygen atoms in total. The summed E-state index contributed by atoms with van der Waals surface area (Å²) in [7, 11) is 3.65. The van der Waals surface area contributed by atoms with Gasteiger partial charge < -0.3 is 15.2 Å². The minimum atomic E-state index is 0.353. The zero-order chi connectivity index (χ0) is 18.4. The van der Waals surface area contributed by atoms with Gasteiger partial charge in [-0.1, -0.05) is 43.1 Å². The second kappa shape index (κ2) is 9.11. The van der Waals surface area contributed by atoms with Gasteiger partial charge in [-0.05, 0) is 23.6 Å². The zero-order valence-electron chi connectivity index (χ0n) is 15.1. The van der Waals surface area contributed by atoms with Gasteiger partial charge in [0, 0.05) is 44.6 Å². The molecule has 2 N–H and O–H groups in total. The topological polar surface area (TPSA) is 54.2 Å². The fourth-order valence-corrected chi connectivity index (χ4v) is 3.11. The minimum absolute atomic E-state index is 0.353. The Balaban J connectivity index is 1.96. The Kier molecular flexibility index (Phi) is 7.14. The van der Waals surface area contributed by atoms with Gasteiger partial charge in [0.15, 0.2) is 5.96 Å². The molecule has 0 fully saturated rings. The van der Waals surface area contributed by atoms with Crippen LogP contribution in [0.1, 0.15) is 31.0 Å². The third-order valence-corrected chi connectivity index (χ3v) is 5.12. The number of halogens is 2. The highest BCUT2D eigenvalue weighted by Crippen LogP contribution is 2.25. The van der Waals surface area contributed by atoms with Crippen LogP contribution in [0.25, 0.3) is 0 Å². The fraction of sp³-hybridized carbons (Fsp3) is 0.444. The highest BCUT2D eigenvalue weighted by atomic mass is 35.5. The maximum atomic E-state index is 6.10. The maximum Gasteiger partial charge on any atom is 0.191 e. The molecule has 0 aliphatic heterocycles. The number of pyridine rings is 1. The first-order valence-electron chi connectivity index (χ1n) is 8.28. The lowest BCUT2D eigenvalue weighted by atomic mass is 9.89. The summed E-state index contributed by atoms with van der Waals surface area (Å²) < 4.78 is 1.86. The van der Waals surface area contributed by atoms with Crippen molar-refractivity contribution in [2.75, 3.05) is 13.6 Å². The number of aliphatic imine (C=N–C) groups is 1. The Morgan fingerprint density at radius 1 is 1.32 bits per heavy atom. The Morgan fingerprint density at radius 3 is 2.60 bits per heavy atom. The van der Waals surface area contributed by atoms with Crippen molar-refractivity contribution < 1.29 is 0 Å². The summed E-state index contributed by atoms with van der Waals surface area (Å²) in [5.74, 6) is 1.58. The summed E-state index contributed by atoms with van der Waals surface area (Å²) in [6.45, 7) is 5.78. The van der Waals surface area contributed by atoms with E-state index in [9.17, 15) is 0 Å². The van der Waals surface area contributed by atoms with E-state index < -0.39 is 0 Å². The first kappa shape index (κ1) is 19.6. The average Bonchev–Trinajstić information content (AvgIpc) is 2.85. The van der Waals surface area contributed by atoms with Gasteiger partial charge in [-0.25, -0.2) is 0 Å². The summed E-state index contributed by atoms with van der Waals surface area (Å²) in [5.41, 5.74) is 2.21. The van der Waals surface area contributed by atoms with E-state index in [4.69, 9.17) is 23.2 Å². The van der Waals surface area contributed by atoms with Crippen molar-refractivity contribution in [3.8, 4) is 0 Å². The maximum absolute atomic E-state index is 6.10. The van der Waals surface area contributed by atoms with Gasteiger partial charge in [0.05, 0.1) is 11.6 Å². The molecule has 0 spiro atoms. The highest BCUT2D eigenvalue weighted by molar-refractivity contribution is 6.41. The summed E-state index contributed by atoms with van der Waals surface area (Å²) in [6, 6.07) is 5.95. The average molecular weight is 382 g/mol. The van der Waals surface area contributed by atoms with Gasteiger partial charge in [-0.3, -0.25) is 9.98 Å². The molecular weight excluding hydrogens is 357 g/mol. The van der Waals surface area contributed by atoms with E-state index in [1.165, 1.54) is 5.56 Å². The first-order chi connectivity index (χ1) is 11.9. The largest absolute Gasteiger partial charge is 0.356 e. The predicted octanol–water partition coefficient (Wildman–Crippen LogP) is 3.83. The smallest absolute Gasteiger partial charge is 0.191 e. The van der Waals surface area contributed by atoms with Crippen molar-refractivity contribution >= 4 is 29.2 Å². The van der Waals surface area contributed by atoms with E-state index in [2.05, 4.69) is 40.5 Å². The van der Waals surface area contributed by atoms with Gasteiger partial charge in [0.1, 0.15) is 5.15 Å². The molecule has 1 atom stereocenters. The Bertz CT molecular complexity index is 710. The Morgan fingerprint density at radius 2 is 2.08 bits per heavy atom. The molecule has 0 aliphatic rings. The van der Waals surface area contributed by atoms with Crippen molar-refractivity contribution in [3.63, 3.8) is 0 Å². The quantitative estimate of drug-likeness (QED) is 0.590. The molecule has 7 heteroatoms. The monoisotopic (exact) mass is 381 g/mol. The van der Waals surface area contributed by atoms with Gasteiger partial charge >= 0.3 is 0 Å². The van der Waals surface area contributed by atoms with E-state index in [0.29, 0.717) is 28.6 Å². The molecule has 2 aromatic rings. The second-order valence-electron chi connectivity index (χ2n) is 6.28. The molecule has 0 aromatic carbocycles. The van der Waals surface area contributed by atoms with Crippen molar-refractivity contribution in [3.05, 3.63) is 52.0 Å². The molecule has 2 aromatic heterocycles. The summed E-state index contributed by atoms with van der Waals surface area (Å²) >= 11 is 12.2. The van der Waals surface area contributed by atoms with Gasteiger partial charge in [0.2, 0.25) is 0 Å². The third-order valence-electron chi connectivity index (χ3n) is 4.28. The van der Waals surface area contributed by atoms with E-state index in [-0.39, 0.29) is 0 Å². The standard InChI is InChI=1S/C18H25Cl2N5/c1-12(2)15(13-6-5-7-22-9-13)11-24-18(21-3)23-10-14-8-16(19)17(20)25(14)4/h5-9,12,15H,10-11H2,1-4H3,(H2,21,23,24). The van der Waals surface area contributed by atoms with Crippen LogP contribution in [0.3, 0.4) is 0 Å². The minimum Gasteiger partial charge on any atom is -0.356 e. The van der Waals surface area contributed by atoms with E-state index in [0.717, 1.165) is 18.2 Å². The summed E-state index contributed by atoms with van der Waals surface area (Å²) in [4.78, 5) is 8.52. The molecule has 0 aliphatic carbocycles. The first-order valence-corrected chi connectivity index (χ1v) is 9.03. The van der Waals surface area contributed by atoms with Crippen LogP contribution >= 0.6 is 23.2 Å². The van der Waals surface area contributed by atoms with Crippen molar-refractivity contribution in [1.29, 1.82) is 0 Å². The molecule has 0 radical (unpaired) electrons. The van der Waals surface area contributed by atoms with E-state index in [1.807, 2.05) is 29.9 Å². The number of nitrogens with zero attached hydrogens (tertiary/aromatic N) is 3. The van der Waals surface area contributed by atoms with Gasteiger partial charge in [-0.15, -0.1) is 0 Å². The van der Waals surface area contributed by atoms with Crippen LogP contribution in [0.15, 0.2) is 35.6 Å². The van der Waals surface area contributed by atoms with E-state index in [1.54, 1.807) is 13.2 Å². The lowest BCUT2D eigenvalue weighted by molar-refractivity contribution is 0.486. The summed E-state index contributed by atoms with van der Waals surface area (Å²) in [5, 5.41) is 7.79. The molecule has 0 saturated heterocycles. The lowest BCUT2D eigenvalue weighted by Crippen LogP contribution is -2.40. The highest BCUT2D eigenvalue weighted by Gasteiger charge is 2.16. The van der Waals surface area contributed by atoms with Crippen molar-refractivity contribution in [2.24, 2.45) is 18.0 Å². The van der Waals surface area contributed by atoms with Crippen molar-refractivity contribution in [2.45, 2.75) is 26.3 Å². The lowest BCUT2D eigenvalue weighted by Gasteiger charge is -2.23. The van der Waals surface area contributed by atoms with Crippen molar-refractivity contribution in [1.82, 2.24) is 20.2 Å². The molecule has 136 valence electrons. The Hall–Kier alpha value is -1.72. The number of guanidine groups is 1. The normalized spacial score (nSPS) is 13.2. The SMILES string of the molecule is CN=C(NCc1cc(Cl)c(Cl)n1C)NCC(c1cccnc1)C(C)C. The van der Waals surface area contributed by atoms with Gasteiger partial charge in [0.25, 0.3) is 0 Å². The number of hydrogen-bond donors (Lipinski definition) is 2. The van der Waals surface area contributed by atoms with E-state index >= 15 is 0 Å². The molecular formula is C18H25Cl2N5. The number of hydrogen-bond acceptors (Lipinski definition) is 2. The molecule has 0 saturated carbocycles. The van der Waals surface area contributed by atoms with Gasteiger partial charge in [-0.2, -0.15) is 0 Å². The third kappa shape index (κ3) is 5.13. The van der Waals surface area contributed by atoms with Crippen LogP contribution in [0.5, 0.6) is 0 Å². The van der Waals surface area contributed by atoms with Crippen LogP contribution in [0, 0.1) is 5.92 Å². The Labute approximate surface area is 159 Å². The number of rotatable bonds is 6. The summed E-state index contributed by atoms with van der Waals surface area (Å²) in [6.07, 6.45) is 3.72. The molecule has 0 bridgehead atoms. The van der Waals surface area contributed by atoms with Crippen LogP contribution in [-0.2, 0) is 13.6 Å². The molecule has 2 rings (SSSR count).